The minimum absolute atomic E-state index is 0.0819. The van der Waals surface area contributed by atoms with Crippen molar-refractivity contribution < 1.29 is 19.1 Å². The summed E-state index contributed by atoms with van der Waals surface area (Å²) < 4.78 is 13.8. The maximum Gasteiger partial charge on any atom is 0.333 e. The van der Waals surface area contributed by atoms with Crippen LogP contribution in [0.15, 0.2) is 12.3 Å². The van der Waals surface area contributed by atoms with Crippen molar-refractivity contribution in [3.63, 3.8) is 0 Å². The Balaban J connectivity index is 1.98. The summed E-state index contributed by atoms with van der Waals surface area (Å²) in [6, 6.07) is -0.361. The van der Waals surface area contributed by atoms with Gasteiger partial charge in [0.1, 0.15) is 6.04 Å². The molecule has 0 bridgehead atoms. The van der Waals surface area contributed by atoms with E-state index >= 15 is 0 Å². The van der Waals surface area contributed by atoms with Crippen LogP contribution in [-0.4, -0.2) is 45.6 Å². The van der Waals surface area contributed by atoms with Crippen LogP contribution >= 0.6 is 11.6 Å². The number of amides is 3. The fourth-order valence-corrected chi connectivity index (χ4v) is 2.69. The van der Waals surface area contributed by atoms with Crippen molar-refractivity contribution in [2.24, 2.45) is 0 Å². The molecule has 2 fully saturated rings. The number of hydrogen-bond donors (Lipinski definition) is 1. The first-order chi connectivity index (χ1) is 9.49. The number of aromatic nitrogens is 1. The van der Waals surface area contributed by atoms with Gasteiger partial charge in [0.25, 0.3) is 5.91 Å². The van der Waals surface area contributed by atoms with E-state index in [9.17, 15) is 19.1 Å². The molecule has 0 radical (unpaired) electrons. The second-order valence-electron chi connectivity index (χ2n) is 4.80. The zero-order valence-electron chi connectivity index (χ0n) is 10.3. The van der Waals surface area contributed by atoms with E-state index in [2.05, 4.69) is 4.98 Å². The van der Waals surface area contributed by atoms with Crippen molar-refractivity contribution in [3.8, 4) is 0 Å². The highest BCUT2D eigenvalue weighted by Gasteiger charge is 2.49. The third-order valence-corrected chi connectivity index (χ3v) is 3.72. The van der Waals surface area contributed by atoms with E-state index in [-0.39, 0.29) is 23.8 Å². The molecule has 20 heavy (non-hydrogen) atoms. The predicted molar refractivity (Wildman–Crippen MR) is 67.8 cm³/mol. The number of anilines is 1. The summed E-state index contributed by atoms with van der Waals surface area (Å²) in [5.41, 5.74) is 0. The lowest BCUT2D eigenvalue weighted by molar-refractivity contribution is -0.121. The molecule has 0 spiro atoms. The standard InChI is InChI=1S/C12H11ClFN3O3/c13-6-3-8(14)10(15-5-6)17-11(19)9-4-7(18)1-2-16(9)12(17)20/h3,5,7,9,18H,1-2,4H2. The zero-order chi connectivity index (χ0) is 14.4. The molecule has 2 aliphatic rings. The summed E-state index contributed by atoms with van der Waals surface area (Å²) in [4.78, 5) is 30.2. The number of nitrogens with zero attached hydrogens (tertiary/aromatic N) is 3. The monoisotopic (exact) mass is 299 g/mol. The molecule has 8 heteroatoms. The van der Waals surface area contributed by atoms with Gasteiger partial charge in [-0.2, -0.15) is 0 Å². The lowest BCUT2D eigenvalue weighted by atomic mass is 10.0. The Hall–Kier alpha value is -1.73. The maximum atomic E-state index is 13.8. The van der Waals surface area contributed by atoms with E-state index in [1.807, 2.05) is 0 Å². The summed E-state index contributed by atoms with van der Waals surface area (Å²) >= 11 is 5.60. The SMILES string of the molecule is O=C1C2CC(O)CCN2C(=O)N1c1ncc(Cl)cc1F. The van der Waals surface area contributed by atoms with Crippen LogP contribution in [0.3, 0.4) is 0 Å². The van der Waals surface area contributed by atoms with Gasteiger partial charge in [-0.1, -0.05) is 11.6 Å². The van der Waals surface area contributed by atoms with Crippen LogP contribution in [-0.2, 0) is 4.79 Å². The van der Waals surface area contributed by atoms with Gasteiger partial charge in [-0.3, -0.25) is 4.79 Å². The summed E-state index contributed by atoms with van der Waals surface area (Å²) in [5.74, 6) is -1.75. The molecule has 3 rings (SSSR count). The number of aliphatic hydroxyl groups is 1. The summed E-state index contributed by atoms with van der Waals surface area (Å²) in [6.45, 7) is 0.266. The molecule has 1 N–H and O–H groups in total. The topological polar surface area (TPSA) is 73.7 Å². The lowest BCUT2D eigenvalue weighted by Crippen LogP contribution is -2.43. The van der Waals surface area contributed by atoms with E-state index in [0.717, 1.165) is 6.07 Å². The Morgan fingerprint density at radius 1 is 1.45 bits per heavy atom. The average Bonchev–Trinajstić information content (AvgIpc) is 2.63. The molecule has 6 nitrogen and oxygen atoms in total. The molecule has 0 aromatic carbocycles. The number of carbonyl (C=O) groups is 2. The smallest absolute Gasteiger partial charge is 0.333 e. The molecule has 3 amide bonds. The van der Waals surface area contributed by atoms with Gasteiger partial charge in [-0.15, -0.1) is 0 Å². The van der Waals surface area contributed by atoms with Crippen LogP contribution in [0, 0.1) is 5.82 Å². The second-order valence-corrected chi connectivity index (χ2v) is 5.24. The third kappa shape index (κ3) is 1.94. The molecule has 1 aromatic rings. The number of aliphatic hydroxyl groups excluding tert-OH is 1. The van der Waals surface area contributed by atoms with Crippen LogP contribution in [0.5, 0.6) is 0 Å². The molecule has 0 aliphatic carbocycles. The highest BCUT2D eigenvalue weighted by molar-refractivity contribution is 6.30. The van der Waals surface area contributed by atoms with E-state index in [1.54, 1.807) is 0 Å². The predicted octanol–water partition coefficient (Wildman–Crippen LogP) is 1.17. The number of halogens is 2. The molecule has 2 atom stereocenters. The zero-order valence-corrected chi connectivity index (χ0v) is 11.0. The number of pyridine rings is 1. The van der Waals surface area contributed by atoms with Gasteiger partial charge in [0.15, 0.2) is 11.6 Å². The minimum atomic E-state index is -0.834. The molecule has 106 valence electrons. The number of rotatable bonds is 1. The van der Waals surface area contributed by atoms with Gasteiger partial charge in [0.2, 0.25) is 0 Å². The van der Waals surface area contributed by atoms with Gasteiger partial charge >= 0.3 is 6.03 Å². The number of urea groups is 1. The molecular formula is C12H11ClFN3O3. The van der Waals surface area contributed by atoms with Gasteiger partial charge in [-0.05, 0) is 12.5 Å². The number of piperidine rings is 1. The molecule has 2 aliphatic heterocycles. The number of fused-ring (bicyclic) bond motifs is 1. The highest BCUT2D eigenvalue weighted by Crippen LogP contribution is 2.31. The van der Waals surface area contributed by atoms with E-state index < -0.39 is 29.9 Å². The van der Waals surface area contributed by atoms with E-state index in [1.165, 1.54) is 11.1 Å². The first-order valence-corrected chi connectivity index (χ1v) is 6.50. The minimum Gasteiger partial charge on any atom is -0.393 e. The van der Waals surface area contributed by atoms with Crippen LogP contribution in [0.25, 0.3) is 0 Å². The quantitative estimate of drug-likeness (QED) is 0.790. The molecule has 2 unspecified atom stereocenters. The Morgan fingerprint density at radius 3 is 2.90 bits per heavy atom. The van der Waals surface area contributed by atoms with Gasteiger partial charge < -0.3 is 10.0 Å². The van der Waals surface area contributed by atoms with Crippen molar-refractivity contribution in [3.05, 3.63) is 23.1 Å². The van der Waals surface area contributed by atoms with E-state index in [4.69, 9.17) is 11.6 Å². The van der Waals surface area contributed by atoms with Crippen LogP contribution in [0.4, 0.5) is 15.0 Å². The first kappa shape index (κ1) is 13.3. The molecule has 1 aromatic heterocycles. The number of carbonyl (C=O) groups excluding carboxylic acids is 2. The van der Waals surface area contributed by atoms with E-state index in [0.29, 0.717) is 11.3 Å². The van der Waals surface area contributed by atoms with Gasteiger partial charge in [0, 0.05) is 19.2 Å². The Morgan fingerprint density at radius 2 is 2.20 bits per heavy atom. The second kappa shape index (κ2) is 4.68. The Bertz CT molecular complexity index is 597. The lowest BCUT2D eigenvalue weighted by Gasteiger charge is -2.29. The molecule has 3 heterocycles. The van der Waals surface area contributed by atoms with Crippen molar-refractivity contribution in [2.75, 3.05) is 11.4 Å². The number of hydrogen-bond acceptors (Lipinski definition) is 4. The summed E-state index contributed by atoms with van der Waals surface area (Å²) in [5, 5.41) is 9.67. The Labute approximate surface area is 118 Å². The normalized spacial score (nSPS) is 26.1. The molecular weight excluding hydrogens is 289 g/mol. The number of imide groups is 1. The summed E-state index contributed by atoms with van der Waals surface area (Å²) in [7, 11) is 0. The van der Waals surface area contributed by atoms with Crippen molar-refractivity contribution in [1.29, 1.82) is 0 Å². The fraction of sp³-hybridized carbons (Fsp3) is 0.417. The Kier molecular flexibility index (Phi) is 3.10. The van der Waals surface area contributed by atoms with Crippen molar-refractivity contribution in [1.82, 2.24) is 9.88 Å². The van der Waals surface area contributed by atoms with Crippen molar-refractivity contribution in [2.45, 2.75) is 25.0 Å². The maximum absolute atomic E-state index is 13.8. The van der Waals surface area contributed by atoms with Gasteiger partial charge in [-0.25, -0.2) is 19.1 Å². The van der Waals surface area contributed by atoms with Crippen LogP contribution in [0.1, 0.15) is 12.8 Å². The summed E-state index contributed by atoms with van der Waals surface area (Å²) in [6.07, 6.45) is 1.11. The molecule has 0 saturated carbocycles. The third-order valence-electron chi connectivity index (χ3n) is 3.52. The first-order valence-electron chi connectivity index (χ1n) is 6.12. The average molecular weight is 300 g/mol. The van der Waals surface area contributed by atoms with Crippen LogP contribution in [0.2, 0.25) is 5.02 Å². The van der Waals surface area contributed by atoms with Crippen molar-refractivity contribution >= 4 is 29.4 Å². The van der Waals surface area contributed by atoms with Gasteiger partial charge in [0.05, 0.1) is 11.1 Å². The van der Waals surface area contributed by atoms with Crippen LogP contribution < -0.4 is 4.90 Å². The highest BCUT2D eigenvalue weighted by atomic mass is 35.5. The fourth-order valence-electron chi connectivity index (χ4n) is 2.55. The molecule has 2 saturated heterocycles. The largest absolute Gasteiger partial charge is 0.393 e.